The standard InChI is InChI=1S/C27H27F4NO3S/c1-36(33,34)32-13-12-25(35-18-19-14-22(27(29,30)31)16-23(28)15-19)24(17-32)26(20-8-4-2-5-9-20)21-10-6-3-7-11-21/h2-11,14-16,24-26H,12-13,17-18H2,1H3/t24-,25+/m1/s1. The van der Waals surface area contributed by atoms with Gasteiger partial charge in [-0.05, 0) is 41.3 Å². The maximum atomic E-state index is 13.9. The molecule has 192 valence electrons. The van der Waals surface area contributed by atoms with Crippen LogP contribution in [0.15, 0.2) is 78.9 Å². The molecule has 0 saturated carbocycles. The van der Waals surface area contributed by atoms with Crippen molar-refractivity contribution in [1.29, 1.82) is 0 Å². The van der Waals surface area contributed by atoms with Gasteiger partial charge in [-0.3, -0.25) is 0 Å². The van der Waals surface area contributed by atoms with Crippen LogP contribution in [0.3, 0.4) is 0 Å². The number of ether oxygens (including phenoxy) is 1. The minimum Gasteiger partial charge on any atom is -0.373 e. The Balaban J connectivity index is 1.68. The molecule has 1 fully saturated rings. The van der Waals surface area contributed by atoms with Crippen LogP contribution in [-0.4, -0.2) is 38.2 Å². The van der Waals surface area contributed by atoms with Gasteiger partial charge in [0.15, 0.2) is 0 Å². The van der Waals surface area contributed by atoms with Crippen LogP contribution < -0.4 is 0 Å². The highest BCUT2D eigenvalue weighted by molar-refractivity contribution is 7.88. The summed E-state index contributed by atoms with van der Waals surface area (Å²) in [6.07, 6.45) is -3.62. The molecule has 0 spiro atoms. The van der Waals surface area contributed by atoms with Crippen molar-refractivity contribution in [3.05, 3.63) is 107 Å². The summed E-state index contributed by atoms with van der Waals surface area (Å²) in [6, 6.07) is 21.7. The number of benzene rings is 3. The molecule has 0 amide bonds. The second-order valence-corrected chi connectivity index (χ2v) is 11.1. The lowest BCUT2D eigenvalue weighted by Gasteiger charge is -2.41. The van der Waals surface area contributed by atoms with Crippen molar-refractivity contribution in [1.82, 2.24) is 4.31 Å². The summed E-state index contributed by atoms with van der Waals surface area (Å²) in [4.78, 5) is 0. The Labute approximate surface area is 208 Å². The predicted molar refractivity (Wildman–Crippen MR) is 129 cm³/mol. The first-order valence-electron chi connectivity index (χ1n) is 11.6. The lowest BCUT2D eigenvalue weighted by atomic mass is 9.76. The molecule has 4 rings (SSSR count). The highest BCUT2D eigenvalue weighted by atomic mass is 32.2. The average Bonchev–Trinajstić information content (AvgIpc) is 2.83. The van der Waals surface area contributed by atoms with Gasteiger partial charge < -0.3 is 4.74 Å². The highest BCUT2D eigenvalue weighted by Gasteiger charge is 2.40. The normalized spacial score (nSPS) is 19.5. The van der Waals surface area contributed by atoms with Crippen LogP contribution in [0.4, 0.5) is 17.6 Å². The van der Waals surface area contributed by atoms with E-state index in [-0.39, 0.29) is 37.1 Å². The number of halogens is 4. The maximum Gasteiger partial charge on any atom is 0.416 e. The smallest absolute Gasteiger partial charge is 0.373 e. The third-order valence-electron chi connectivity index (χ3n) is 6.52. The quantitative estimate of drug-likeness (QED) is 0.367. The summed E-state index contributed by atoms with van der Waals surface area (Å²) in [5.41, 5.74) is 0.948. The summed E-state index contributed by atoms with van der Waals surface area (Å²) < 4.78 is 85.8. The van der Waals surface area contributed by atoms with Gasteiger partial charge in [0.2, 0.25) is 10.0 Å². The SMILES string of the molecule is CS(=O)(=O)N1CC[C@H](OCc2cc(F)cc(C(F)(F)F)c2)[C@H](C(c2ccccc2)c2ccccc2)C1. The monoisotopic (exact) mass is 521 g/mol. The molecule has 9 heteroatoms. The number of nitrogens with zero attached hydrogens (tertiary/aromatic N) is 1. The van der Waals surface area contributed by atoms with Crippen molar-refractivity contribution in [3.8, 4) is 0 Å². The lowest BCUT2D eigenvalue weighted by Crippen LogP contribution is -2.48. The highest BCUT2D eigenvalue weighted by Crippen LogP contribution is 2.39. The largest absolute Gasteiger partial charge is 0.416 e. The van der Waals surface area contributed by atoms with Crippen LogP contribution in [0.2, 0.25) is 0 Å². The van der Waals surface area contributed by atoms with Gasteiger partial charge in [0.1, 0.15) is 5.82 Å². The van der Waals surface area contributed by atoms with Crippen molar-refractivity contribution in [2.24, 2.45) is 5.92 Å². The van der Waals surface area contributed by atoms with E-state index in [2.05, 4.69) is 0 Å². The van der Waals surface area contributed by atoms with Gasteiger partial charge in [-0.25, -0.2) is 17.1 Å². The van der Waals surface area contributed by atoms with Gasteiger partial charge >= 0.3 is 6.18 Å². The van der Waals surface area contributed by atoms with Gasteiger partial charge in [-0.2, -0.15) is 13.2 Å². The molecule has 0 radical (unpaired) electrons. The molecule has 0 aliphatic carbocycles. The van der Waals surface area contributed by atoms with Gasteiger partial charge in [-0.15, -0.1) is 0 Å². The van der Waals surface area contributed by atoms with Gasteiger partial charge in [-0.1, -0.05) is 60.7 Å². The van der Waals surface area contributed by atoms with E-state index in [0.717, 1.165) is 29.5 Å². The van der Waals surface area contributed by atoms with Crippen LogP contribution in [0, 0.1) is 11.7 Å². The summed E-state index contributed by atoms with van der Waals surface area (Å²) >= 11 is 0. The third-order valence-corrected chi connectivity index (χ3v) is 7.79. The minimum atomic E-state index is -4.67. The number of hydrogen-bond donors (Lipinski definition) is 0. The van der Waals surface area contributed by atoms with Crippen LogP contribution in [0.25, 0.3) is 0 Å². The molecule has 3 aromatic rings. The lowest BCUT2D eigenvalue weighted by molar-refractivity contribution is -0.137. The molecule has 36 heavy (non-hydrogen) atoms. The number of hydrogen-bond acceptors (Lipinski definition) is 3. The second kappa shape index (κ2) is 10.7. The van der Waals surface area contributed by atoms with E-state index in [1.807, 2.05) is 60.7 Å². The number of alkyl halides is 3. The Hall–Kier alpha value is -2.75. The minimum absolute atomic E-state index is 0.0718. The zero-order chi connectivity index (χ0) is 25.9. The van der Waals surface area contributed by atoms with E-state index < -0.39 is 33.7 Å². The fourth-order valence-electron chi connectivity index (χ4n) is 4.87. The summed E-state index contributed by atoms with van der Waals surface area (Å²) in [5.74, 6) is -1.53. The Morgan fingerprint density at radius 2 is 1.56 bits per heavy atom. The molecule has 1 aliphatic heterocycles. The molecule has 1 aliphatic rings. The Morgan fingerprint density at radius 1 is 0.972 bits per heavy atom. The number of piperidine rings is 1. The van der Waals surface area contributed by atoms with Crippen LogP contribution in [-0.2, 0) is 27.5 Å². The number of rotatable bonds is 7. The fraction of sp³-hybridized carbons (Fsp3) is 0.333. The van der Waals surface area contributed by atoms with E-state index >= 15 is 0 Å². The van der Waals surface area contributed by atoms with E-state index in [1.165, 1.54) is 4.31 Å². The average molecular weight is 522 g/mol. The molecule has 1 saturated heterocycles. The van der Waals surface area contributed by atoms with Crippen molar-refractivity contribution in [2.75, 3.05) is 19.3 Å². The molecule has 0 unspecified atom stereocenters. The molecular weight excluding hydrogens is 494 g/mol. The van der Waals surface area contributed by atoms with Gasteiger partial charge in [0, 0.05) is 24.9 Å². The topological polar surface area (TPSA) is 46.6 Å². The third kappa shape index (κ3) is 6.32. The molecule has 1 heterocycles. The van der Waals surface area contributed by atoms with Gasteiger partial charge in [0.25, 0.3) is 0 Å². The Kier molecular flexibility index (Phi) is 7.82. The van der Waals surface area contributed by atoms with Crippen LogP contribution >= 0.6 is 0 Å². The van der Waals surface area contributed by atoms with Crippen molar-refractivity contribution >= 4 is 10.0 Å². The molecule has 0 N–H and O–H groups in total. The molecule has 4 nitrogen and oxygen atoms in total. The zero-order valence-corrected chi connectivity index (χ0v) is 20.5. The van der Waals surface area contributed by atoms with E-state index in [4.69, 9.17) is 4.74 Å². The van der Waals surface area contributed by atoms with Crippen molar-refractivity contribution < 1.29 is 30.7 Å². The van der Waals surface area contributed by atoms with Crippen molar-refractivity contribution in [3.63, 3.8) is 0 Å². The van der Waals surface area contributed by atoms with E-state index in [0.29, 0.717) is 12.5 Å². The first-order chi connectivity index (χ1) is 17.0. The van der Waals surface area contributed by atoms with Gasteiger partial charge in [0.05, 0.1) is 24.5 Å². The predicted octanol–water partition coefficient (Wildman–Crippen LogP) is 5.84. The summed E-state index contributed by atoms with van der Waals surface area (Å²) in [5, 5.41) is 0. The summed E-state index contributed by atoms with van der Waals surface area (Å²) in [6.45, 7) is 0.194. The zero-order valence-electron chi connectivity index (χ0n) is 19.7. The Morgan fingerprint density at radius 3 is 2.08 bits per heavy atom. The Bertz CT molecular complexity index is 1230. The van der Waals surface area contributed by atoms with Crippen molar-refractivity contribution in [2.45, 2.75) is 31.2 Å². The van der Waals surface area contributed by atoms with Crippen LogP contribution in [0.1, 0.15) is 34.6 Å². The first-order valence-corrected chi connectivity index (χ1v) is 13.4. The molecular formula is C27H27F4NO3S. The first kappa shape index (κ1) is 26.3. The molecule has 2 atom stereocenters. The summed E-state index contributed by atoms with van der Waals surface area (Å²) in [7, 11) is -3.47. The number of sulfonamides is 1. The van der Waals surface area contributed by atoms with Crippen LogP contribution in [0.5, 0.6) is 0 Å². The van der Waals surface area contributed by atoms with E-state index in [1.54, 1.807) is 0 Å². The molecule has 0 aromatic heterocycles. The molecule has 0 bridgehead atoms. The molecule has 3 aromatic carbocycles. The fourth-order valence-corrected chi connectivity index (χ4v) is 5.75. The van der Waals surface area contributed by atoms with E-state index in [9.17, 15) is 26.0 Å². The second-order valence-electron chi connectivity index (χ2n) is 9.07. The maximum absolute atomic E-state index is 13.9.